The van der Waals surface area contributed by atoms with Gasteiger partial charge in [0.05, 0.1) is 11.2 Å². The number of hydrogen-bond acceptors (Lipinski definition) is 4. The number of aromatic nitrogens is 1. The number of hydrogen-bond donors (Lipinski definition) is 1. The van der Waals surface area contributed by atoms with Gasteiger partial charge in [0.15, 0.2) is 0 Å². The molecule has 1 saturated carbocycles. The van der Waals surface area contributed by atoms with Gasteiger partial charge in [0.25, 0.3) is 5.91 Å². The van der Waals surface area contributed by atoms with Crippen LogP contribution in [0, 0.1) is 0 Å². The van der Waals surface area contributed by atoms with Crippen LogP contribution in [0.5, 0.6) is 0 Å². The van der Waals surface area contributed by atoms with Crippen molar-refractivity contribution in [2.45, 2.75) is 32.1 Å². The fourth-order valence-electron chi connectivity index (χ4n) is 2.58. The molecule has 5 heteroatoms. The summed E-state index contributed by atoms with van der Waals surface area (Å²) >= 11 is 1.54. The zero-order valence-electron chi connectivity index (χ0n) is 13.5. The SMILES string of the molecule is CCN(CCCNC(=O)c1cnc(C2CC2)s1)c1ccccc1. The molecule has 1 amide bonds. The average Bonchev–Trinajstić information content (AvgIpc) is 3.32. The zero-order chi connectivity index (χ0) is 16.1. The highest BCUT2D eigenvalue weighted by atomic mass is 32.1. The Labute approximate surface area is 141 Å². The fourth-order valence-corrected chi connectivity index (χ4v) is 3.58. The number of rotatable bonds is 8. The fraction of sp³-hybridized carbons (Fsp3) is 0.444. The molecular weight excluding hydrogens is 306 g/mol. The summed E-state index contributed by atoms with van der Waals surface area (Å²) in [5.74, 6) is 0.627. The van der Waals surface area contributed by atoms with Gasteiger partial charge < -0.3 is 10.2 Å². The number of benzene rings is 1. The Hall–Kier alpha value is -1.88. The van der Waals surface area contributed by atoms with E-state index >= 15 is 0 Å². The van der Waals surface area contributed by atoms with Crippen LogP contribution < -0.4 is 10.2 Å². The first-order valence-electron chi connectivity index (χ1n) is 8.32. The van der Waals surface area contributed by atoms with Gasteiger partial charge in [-0.1, -0.05) is 18.2 Å². The lowest BCUT2D eigenvalue weighted by atomic mass is 10.2. The van der Waals surface area contributed by atoms with Gasteiger partial charge in [0.1, 0.15) is 4.88 Å². The lowest BCUT2D eigenvalue weighted by Gasteiger charge is -2.23. The van der Waals surface area contributed by atoms with Gasteiger partial charge in [0, 0.05) is 31.2 Å². The van der Waals surface area contributed by atoms with E-state index in [-0.39, 0.29) is 5.91 Å². The molecule has 0 unspecified atom stereocenters. The minimum atomic E-state index is 0.0113. The van der Waals surface area contributed by atoms with E-state index in [2.05, 4.69) is 46.4 Å². The van der Waals surface area contributed by atoms with Crippen LogP contribution in [0.4, 0.5) is 5.69 Å². The number of carbonyl (C=O) groups excluding carboxylic acids is 1. The summed E-state index contributed by atoms with van der Waals surface area (Å²) in [6, 6.07) is 10.4. The third kappa shape index (κ3) is 4.32. The summed E-state index contributed by atoms with van der Waals surface area (Å²) in [6.07, 6.45) is 5.10. The minimum Gasteiger partial charge on any atom is -0.372 e. The highest BCUT2D eigenvalue weighted by Crippen LogP contribution is 2.41. The average molecular weight is 329 g/mol. The number of thiazole rings is 1. The van der Waals surface area contributed by atoms with Crippen LogP contribution >= 0.6 is 11.3 Å². The second-order valence-electron chi connectivity index (χ2n) is 5.86. The molecule has 0 saturated heterocycles. The van der Waals surface area contributed by atoms with E-state index in [9.17, 15) is 4.79 Å². The summed E-state index contributed by atoms with van der Waals surface area (Å²) in [7, 11) is 0. The molecule has 0 aliphatic heterocycles. The quantitative estimate of drug-likeness (QED) is 0.752. The second-order valence-corrected chi connectivity index (χ2v) is 6.92. The van der Waals surface area contributed by atoms with Gasteiger partial charge in [0.2, 0.25) is 0 Å². The molecule has 1 heterocycles. The highest BCUT2D eigenvalue weighted by Gasteiger charge is 2.27. The second kappa shape index (κ2) is 7.59. The van der Waals surface area contributed by atoms with Crippen LogP contribution in [-0.4, -0.2) is 30.5 Å². The van der Waals surface area contributed by atoms with Crippen molar-refractivity contribution in [2.75, 3.05) is 24.5 Å². The maximum Gasteiger partial charge on any atom is 0.263 e. The Kier molecular flexibility index (Phi) is 5.28. The molecule has 1 aromatic heterocycles. The van der Waals surface area contributed by atoms with Gasteiger partial charge in [-0.2, -0.15) is 0 Å². The van der Waals surface area contributed by atoms with E-state index in [4.69, 9.17) is 0 Å². The van der Waals surface area contributed by atoms with Crippen molar-refractivity contribution in [3.8, 4) is 0 Å². The van der Waals surface area contributed by atoms with Gasteiger partial charge in [-0.25, -0.2) is 4.98 Å². The zero-order valence-corrected chi connectivity index (χ0v) is 14.3. The molecule has 1 aliphatic carbocycles. The summed E-state index contributed by atoms with van der Waals surface area (Å²) in [5.41, 5.74) is 1.23. The monoisotopic (exact) mass is 329 g/mol. The molecule has 23 heavy (non-hydrogen) atoms. The molecule has 1 aliphatic rings. The Morgan fingerprint density at radius 2 is 2.13 bits per heavy atom. The van der Waals surface area contributed by atoms with Crippen LogP contribution in [0.15, 0.2) is 36.5 Å². The number of nitrogens with one attached hydrogen (secondary N) is 1. The predicted molar refractivity (Wildman–Crippen MR) is 95.4 cm³/mol. The lowest BCUT2D eigenvalue weighted by molar-refractivity contribution is 0.0957. The van der Waals surface area contributed by atoms with E-state index in [1.807, 2.05) is 6.07 Å². The molecule has 1 fully saturated rings. The summed E-state index contributed by atoms with van der Waals surface area (Å²) in [5, 5.41) is 4.13. The first-order chi connectivity index (χ1) is 11.3. The third-order valence-electron chi connectivity index (χ3n) is 4.07. The summed E-state index contributed by atoms with van der Waals surface area (Å²) in [4.78, 5) is 19.6. The van der Waals surface area contributed by atoms with E-state index < -0.39 is 0 Å². The molecule has 4 nitrogen and oxygen atoms in total. The Morgan fingerprint density at radius 3 is 2.83 bits per heavy atom. The van der Waals surface area contributed by atoms with Gasteiger partial charge in [-0.15, -0.1) is 11.3 Å². The highest BCUT2D eigenvalue weighted by molar-refractivity contribution is 7.13. The van der Waals surface area contributed by atoms with Crippen LogP contribution in [0.3, 0.4) is 0 Å². The molecule has 1 N–H and O–H groups in total. The first-order valence-corrected chi connectivity index (χ1v) is 9.13. The molecular formula is C18H23N3OS. The van der Waals surface area contributed by atoms with Gasteiger partial charge >= 0.3 is 0 Å². The molecule has 0 bridgehead atoms. The smallest absolute Gasteiger partial charge is 0.263 e. The summed E-state index contributed by atoms with van der Waals surface area (Å²) in [6.45, 7) is 4.76. The predicted octanol–water partition coefficient (Wildman–Crippen LogP) is 3.67. The van der Waals surface area contributed by atoms with Crippen molar-refractivity contribution in [1.29, 1.82) is 0 Å². The Morgan fingerprint density at radius 1 is 1.35 bits per heavy atom. The first kappa shape index (κ1) is 16.0. The maximum absolute atomic E-state index is 12.1. The normalized spacial score (nSPS) is 13.8. The molecule has 0 spiro atoms. The number of anilines is 1. The van der Waals surface area contributed by atoms with Gasteiger partial charge in [-0.05, 0) is 38.3 Å². The third-order valence-corrected chi connectivity index (χ3v) is 5.23. The van der Waals surface area contributed by atoms with Crippen LogP contribution in [0.2, 0.25) is 0 Å². The van der Waals surface area contributed by atoms with E-state index in [0.29, 0.717) is 12.5 Å². The minimum absolute atomic E-state index is 0.0113. The van der Waals surface area contributed by atoms with Crippen LogP contribution in [0.25, 0.3) is 0 Å². The number of para-hydroxylation sites is 1. The van der Waals surface area contributed by atoms with Crippen LogP contribution in [0.1, 0.15) is 46.8 Å². The Balaban J connectivity index is 1.42. The van der Waals surface area contributed by atoms with Crippen LogP contribution in [-0.2, 0) is 0 Å². The van der Waals surface area contributed by atoms with Crippen molar-refractivity contribution < 1.29 is 4.79 Å². The Bertz CT molecular complexity index is 637. The number of nitrogens with zero attached hydrogens (tertiary/aromatic N) is 2. The molecule has 122 valence electrons. The molecule has 3 rings (SSSR count). The summed E-state index contributed by atoms with van der Waals surface area (Å²) < 4.78 is 0. The molecule has 0 atom stereocenters. The van der Waals surface area contributed by atoms with E-state index in [1.165, 1.54) is 18.5 Å². The number of carbonyl (C=O) groups is 1. The van der Waals surface area contributed by atoms with E-state index in [1.54, 1.807) is 17.5 Å². The number of amides is 1. The van der Waals surface area contributed by atoms with Crippen molar-refractivity contribution in [1.82, 2.24) is 10.3 Å². The van der Waals surface area contributed by atoms with Crippen molar-refractivity contribution in [2.24, 2.45) is 0 Å². The maximum atomic E-state index is 12.1. The van der Waals surface area contributed by atoms with Gasteiger partial charge in [-0.3, -0.25) is 4.79 Å². The molecule has 2 aromatic rings. The van der Waals surface area contributed by atoms with E-state index in [0.717, 1.165) is 29.4 Å². The standard InChI is InChI=1S/C18H23N3OS/c1-2-21(15-7-4-3-5-8-15)12-6-11-19-17(22)16-13-20-18(23-16)14-9-10-14/h3-5,7-8,13-14H,2,6,9-12H2,1H3,(H,19,22). The molecule has 0 radical (unpaired) electrons. The van der Waals surface area contributed by atoms with Crippen molar-refractivity contribution in [3.63, 3.8) is 0 Å². The largest absolute Gasteiger partial charge is 0.372 e. The van der Waals surface area contributed by atoms with Crippen molar-refractivity contribution in [3.05, 3.63) is 46.4 Å². The van der Waals surface area contributed by atoms with Crippen molar-refractivity contribution >= 4 is 22.9 Å². The topological polar surface area (TPSA) is 45.2 Å². The lowest BCUT2D eigenvalue weighted by Crippen LogP contribution is -2.29. The molecule has 1 aromatic carbocycles.